The molecular formula is C15H13BrClN3. The summed E-state index contributed by atoms with van der Waals surface area (Å²) in [7, 11) is 0. The summed E-state index contributed by atoms with van der Waals surface area (Å²) >= 11 is 9.75. The average molecular weight is 351 g/mol. The van der Waals surface area contributed by atoms with E-state index < -0.39 is 0 Å². The van der Waals surface area contributed by atoms with Crippen LogP contribution in [0.4, 0.5) is 0 Å². The molecule has 0 N–H and O–H groups in total. The Labute approximate surface area is 130 Å². The zero-order valence-electron chi connectivity index (χ0n) is 11.4. The third-order valence-corrected chi connectivity index (χ3v) is 4.31. The van der Waals surface area contributed by atoms with E-state index in [1.807, 2.05) is 19.1 Å². The summed E-state index contributed by atoms with van der Waals surface area (Å²) < 4.78 is 3.17. The number of benzene rings is 1. The third-order valence-electron chi connectivity index (χ3n) is 3.51. The Morgan fingerprint density at radius 3 is 2.35 bits per heavy atom. The molecular weight excluding hydrogens is 338 g/mol. The van der Waals surface area contributed by atoms with E-state index in [4.69, 9.17) is 11.6 Å². The first-order valence-electron chi connectivity index (χ1n) is 6.26. The molecule has 0 fully saturated rings. The summed E-state index contributed by atoms with van der Waals surface area (Å²) in [5.41, 5.74) is 4.18. The highest BCUT2D eigenvalue weighted by Crippen LogP contribution is 2.31. The second-order valence-corrected chi connectivity index (χ2v) is 6.06. The second-order valence-electron chi connectivity index (χ2n) is 4.78. The van der Waals surface area contributed by atoms with Crippen LogP contribution < -0.4 is 0 Å². The molecule has 0 spiro atoms. The van der Waals surface area contributed by atoms with Crippen molar-refractivity contribution >= 4 is 38.6 Å². The maximum absolute atomic E-state index is 6.29. The third kappa shape index (κ3) is 2.03. The normalized spacial score (nSPS) is 11.2. The average Bonchev–Trinajstić information content (AvgIpc) is 2.63. The van der Waals surface area contributed by atoms with E-state index in [0.29, 0.717) is 11.0 Å². The Bertz CT molecular complexity index is 806. The largest absolute Gasteiger partial charge is 0.298 e. The van der Waals surface area contributed by atoms with E-state index in [2.05, 4.69) is 56.4 Å². The highest BCUT2D eigenvalue weighted by atomic mass is 79.9. The first-order valence-corrected chi connectivity index (χ1v) is 7.44. The topological polar surface area (TPSA) is 30.7 Å². The zero-order chi connectivity index (χ0) is 14.4. The van der Waals surface area contributed by atoms with Gasteiger partial charge in [-0.15, -0.1) is 0 Å². The molecule has 0 aliphatic heterocycles. The minimum Gasteiger partial charge on any atom is -0.298 e. The summed E-state index contributed by atoms with van der Waals surface area (Å²) in [5.74, 6) is 0.679. The van der Waals surface area contributed by atoms with Crippen molar-refractivity contribution in [2.24, 2.45) is 0 Å². The molecule has 3 rings (SSSR count). The molecule has 0 aliphatic carbocycles. The Morgan fingerprint density at radius 1 is 1.05 bits per heavy atom. The summed E-state index contributed by atoms with van der Waals surface area (Å²) in [5, 5.41) is 1.45. The Kier molecular flexibility index (Phi) is 3.30. The van der Waals surface area contributed by atoms with Crippen LogP contribution in [0.3, 0.4) is 0 Å². The van der Waals surface area contributed by atoms with E-state index in [-0.39, 0.29) is 0 Å². The standard InChI is InChI=1S/C15H13BrClN3/c1-8-9(2)20(12-6-4-11(16)5-7-12)15-13(8)14(17)18-10(3)19-15/h4-7H,1-3H3. The van der Waals surface area contributed by atoms with Gasteiger partial charge in [0.05, 0.1) is 5.39 Å². The highest BCUT2D eigenvalue weighted by Gasteiger charge is 2.17. The molecule has 0 unspecified atom stereocenters. The van der Waals surface area contributed by atoms with Gasteiger partial charge in [-0.2, -0.15) is 0 Å². The second kappa shape index (κ2) is 4.86. The number of halogens is 2. The van der Waals surface area contributed by atoms with Crippen LogP contribution in [-0.4, -0.2) is 14.5 Å². The van der Waals surface area contributed by atoms with Gasteiger partial charge in [-0.05, 0) is 50.6 Å². The first-order chi connectivity index (χ1) is 9.49. The summed E-state index contributed by atoms with van der Waals surface area (Å²) in [6, 6.07) is 8.15. The van der Waals surface area contributed by atoms with Crippen LogP contribution in [0.25, 0.3) is 16.7 Å². The van der Waals surface area contributed by atoms with Crippen molar-refractivity contribution in [2.75, 3.05) is 0 Å². The Hall–Kier alpha value is -1.39. The van der Waals surface area contributed by atoms with Crippen molar-refractivity contribution in [3.63, 3.8) is 0 Å². The van der Waals surface area contributed by atoms with Gasteiger partial charge in [0.2, 0.25) is 0 Å². The van der Waals surface area contributed by atoms with E-state index in [0.717, 1.165) is 32.5 Å². The molecule has 5 heteroatoms. The van der Waals surface area contributed by atoms with Gasteiger partial charge < -0.3 is 0 Å². The minimum atomic E-state index is 0.518. The van der Waals surface area contributed by atoms with Gasteiger partial charge in [0.25, 0.3) is 0 Å². The molecule has 3 aromatic rings. The van der Waals surface area contributed by atoms with Gasteiger partial charge in [-0.25, -0.2) is 9.97 Å². The molecule has 0 saturated heterocycles. The lowest BCUT2D eigenvalue weighted by Gasteiger charge is -2.08. The van der Waals surface area contributed by atoms with Crippen LogP contribution >= 0.6 is 27.5 Å². The van der Waals surface area contributed by atoms with Gasteiger partial charge in [-0.3, -0.25) is 4.57 Å². The lowest BCUT2D eigenvalue weighted by Crippen LogP contribution is -1.99. The number of hydrogen-bond donors (Lipinski definition) is 0. The van der Waals surface area contributed by atoms with Crippen LogP contribution in [0.1, 0.15) is 17.1 Å². The number of hydrogen-bond acceptors (Lipinski definition) is 2. The SMILES string of the molecule is Cc1nc(Cl)c2c(C)c(C)n(-c3ccc(Br)cc3)c2n1. The molecule has 20 heavy (non-hydrogen) atoms. The van der Waals surface area contributed by atoms with Crippen molar-refractivity contribution in [1.29, 1.82) is 0 Å². The fraction of sp³-hybridized carbons (Fsp3) is 0.200. The van der Waals surface area contributed by atoms with Gasteiger partial charge in [-0.1, -0.05) is 27.5 Å². The van der Waals surface area contributed by atoms with Crippen LogP contribution in [0.5, 0.6) is 0 Å². The molecule has 0 aliphatic rings. The fourth-order valence-electron chi connectivity index (χ4n) is 2.42. The first kappa shape index (κ1) is 13.6. The summed E-state index contributed by atoms with van der Waals surface area (Å²) in [6.45, 7) is 5.98. The molecule has 0 saturated carbocycles. The van der Waals surface area contributed by atoms with Gasteiger partial charge >= 0.3 is 0 Å². The van der Waals surface area contributed by atoms with E-state index >= 15 is 0 Å². The van der Waals surface area contributed by atoms with E-state index in [9.17, 15) is 0 Å². The lowest BCUT2D eigenvalue weighted by atomic mass is 10.2. The Morgan fingerprint density at radius 2 is 1.70 bits per heavy atom. The maximum atomic E-state index is 6.29. The summed E-state index contributed by atoms with van der Waals surface area (Å²) in [6.07, 6.45) is 0. The Balaban J connectivity index is 2.41. The van der Waals surface area contributed by atoms with Crippen LogP contribution in [0.15, 0.2) is 28.7 Å². The van der Waals surface area contributed by atoms with Gasteiger partial charge in [0, 0.05) is 15.9 Å². The van der Waals surface area contributed by atoms with Crippen LogP contribution in [-0.2, 0) is 0 Å². The molecule has 3 nitrogen and oxygen atoms in total. The molecule has 0 bridgehead atoms. The zero-order valence-corrected chi connectivity index (χ0v) is 13.7. The molecule has 2 heterocycles. The predicted octanol–water partition coefficient (Wildman–Crippen LogP) is 4.76. The highest BCUT2D eigenvalue weighted by molar-refractivity contribution is 9.10. The van der Waals surface area contributed by atoms with Crippen LogP contribution in [0.2, 0.25) is 5.15 Å². The fourth-order valence-corrected chi connectivity index (χ4v) is 3.04. The quantitative estimate of drug-likeness (QED) is 0.592. The van der Waals surface area contributed by atoms with Crippen molar-refractivity contribution in [3.8, 4) is 5.69 Å². The molecule has 1 aromatic carbocycles. The molecule has 102 valence electrons. The van der Waals surface area contributed by atoms with Gasteiger partial charge in [0.15, 0.2) is 0 Å². The maximum Gasteiger partial charge on any atom is 0.150 e. The van der Waals surface area contributed by atoms with Crippen molar-refractivity contribution in [1.82, 2.24) is 14.5 Å². The van der Waals surface area contributed by atoms with Crippen LogP contribution in [0, 0.1) is 20.8 Å². The molecule has 0 atom stereocenters. The molecule has 0 radical (unpaired) electrons. The molecule has 0 amide bonds. The smallest absolute Gasteiger partial charge is 0.150 e. The number of aryl methyl sites for hydroxylation is 2. The van der Waals surface area contributed by atoms with Crippen molar-refractivity contribution < 1.29 is 0 Å². The van der Waals surface area contributed by atoms with Crippen molar-refractivity contribution in [3.05, 3.63) is 51.0 Å². The van der Waals surface area contributed by atoms with Gasteiger partial charge in [0.1, 0.15) is 16.6 Å². The van der Waals surface area contributed by atoms with E-state index in [1.165, 1.54) is 0 Å². The predicted molar refractivity (Wildman–Crippen MR) is 85.8 cm³/mol. The molecule has 2 aromatic heterocycles. The van der Waals surface area contributed by atoms with E-state index in [1.54, 1.807) is 0 Å². The number of aromatic nitrogens is 3. The van der Waals surface area contributed by atoms with Crippen molar-refractivity contribution in [2.45, 2.75) is 20.8 Å². The monoisotopic (exact) mass is 349 g/mol. The number of nitrogens with zero attached hydrogens (tertiary/aromatic N) is 3. The summed E-state index contributed by atoms with van der Waals surface area (Å²) in [4.78, 5) is 8.83. The number of fused-ring (bicyclic) bond motifs is 1. The number of rotatable bonds is 1. The minimum absolute atomic E-state index is 0.518. The lowest BCUT2D eigenvalue weighted by molar-refractivity contribution is 0.994.